The van der Waals surface area contributed by atoms with Gasteiger partial charge in [-0.2, -0.15) is 0 Å². The van der Waals surface area contributed by atoms with Crippen LogP contribution in [-0.4, -0.2) is 29.7 Å². The average molecular weight is 396 g/mol. The van der Waals surface area contributed by atoms with Crippen LogP contribution in [0.5, 0.6) is 0 Å². The fraction of sp³-hybridized carbons (Fsp3) is 0.143. The third-order valence-electron chi connectivity index (χ3n) is 4.55. The van der Waals surface area contributed by atoms with Gasteiger partial charge in [0, 0.05) is 29.9 Å². The largest absolute Gasteiger partial charge is 0.453 e. The molecule has 2 aromatic heterocycles. The van der Waals surface area contributed by atoms with Crippen LogP contribution in [0.4, 0.5) is 10.5 Å². The third-order valence-corrected chi connectivity index (χ3v) is 4.88. The number of carbonyl (C=O) groups excluding carboxylic acids is 1. The number of hydrogen-bond donors (Lipinski definition) is 1. The zero-order chi connectivity index (χ0) is 19.7. The van der Waals surface area contributed by atoms with Crippen molar-refractivity contribution in [1.29, 1.82) is 0 Å². The van der Waals surface area contributed by atoms with Crippen molar-refractivity contribution in [2.24, 2.45) is 0 Å². The van der Waals surface area contributed by atoms with Gasteiger partial charge >= 0.3 is 6.09 Å². The molecule has 0 saturated carbocycles. The Hall–Kier alpha value is -3.09. The maximum Gasteiger partial charge on any atom is 0.411 e. The molecular formula is C21H18ClN3O3. The van der Waals surface area contributed by atoms with Crippen LogP contribution in [0.25, 0.3) is 27.7 Å². The van der Waals surface area contributed by atoms with Gasteiger partial charge in [0.25, 0.3) is 0 Å². The number of carbonyl (C=O) groups is 1. The lowest BCUT2D eigenvalue weighted by Crippen LogP contribution is -2.10. The molecule has 28 heavy (non-hydrogen) atoms. The van der Waals surface area contributed by atoms with Crippen LogP contribution in [0.15, 0.2) is 54.7 Å². The Bertz CT molecular complexity index is 1190. The number of imidazole rings is 1. The van der Waals surface area contributed by atoms with E-state index in [1.165, 1.54) is 7.11 Å². The highest BCUT2D eigenvalue weighted by Gasteiger charge is 2.18. The number of fused-ring (bicyclic) bond motifs is 3. The summed E-state index contributed by atoms with van der Waals surface area (Å²) in [5.41, 5.74) is 3.90. The summed E-state index contributed by atoms with van der Waals surface area (Å²) in [6.45, 7) is 0.382. The molecule has 1 N–H and O–H groups in total. The van der Waals surface area contributed by atoms with E-state index in [0.29, 0.717) is 17.3 Å². The van der Waals surface area contributed by atoms with Crippen LogP contribution in [0.2, 0.25) is 5.02 Å². The zero-order valence-electron chi connectivity index (χ0n) is 15.4. The molecule has 142 valence electrons. The van der Waals surface area contributed by atoms with Gasteiger partial charge in [0.1, 0.15) is 5.65 Å². The number of benzene rings is 2. The highest BCUT2D eigenvalue weighted by atomic mass is 35.5. The second kappa shape index (κ2) is 7.50. The number of ether oxygens (including phenoxy) is 2. The second-order valence-electron chi connectivity index (χ2n) is 6.25. The summed E-state index contributed by atoms with van der Waals surface area (Å²) in [7, 11) is 2.98. The van der Waals surface area contributed by atoms with Gasteiger partial charge in [0.2, 0.25) is 0 Å². The average Bonchev–Trinajstić information content (AvgIpc) is 3.07. The van der Waals surface area contributed by atoms with Crippen molar-refractivity contribution in [2.75, 3.05) is 19.5 Å². The summed E-state index contributed by atoms with van der Waals surface area (Å²) in [4.78, 5) is 16.4. The number of amides is 1. The molecule has 0 fully saturated rings. The molecule has 0 aliphatic rings. The predicted molar refractivity (Wildman–Crippen MR) is 110 cm³/mol. The van der Waals surface area contributed by atoms with Gasteiger partial charge in [-0.05, 0) is 29.7 Å². The lowest BCUT2D eigenvalue weighted by Gasteiger charge is -2.08. The number of pyridine rings is 1. The molecule has 0 saturated heterocycles. The molecule has 1 amide bonds. The van der Waals surface area contributed by atoms with Gasteiger partial charge in [-0.3, -0.25) is 5.32 Å². The van der Waals surface area contributed by atoms with Crippen molar-refractivity contribution in [3.63, 3.8) is 0 Å². The molecular weight excluding hydrogens is 378 g/mol. The van der Waals surface area contributed by atoms with E-state index in [0.717, 1.165) is 33.4 Å². The van der Waals surface area contributed by atoms with Crippen molar-refractivity contribution in [2.45, 2.75) is 6.61 Å². The Kier molecular flexibility index (Phi) is 4.90. The minimum absolute atomic E-state index is 0.382. The number of nitrogens with one attached hydrogen (secondary N) is 1. The number of nitrogens with zero attached hydrogens (tertiary/aromatic N) is 2. The Morgan fingerprint density at radius 2 is 2.00 bits per heavy atom. The Balaban J connectivity index is 1.97. The van der Waals surface area contributed by atoms with Crippen molar-refractivity contribution >= 4 is 39.8 Å². The van der Waals surface area contributed by atoms with E-state index in [4.69, 9.17) is 21.3 Å². The van der Waals surface area contributed by atoms with E-state index in [2.05, 4.69) is 10.1 Å². The number of anilines is 1. The molecule has 0 aliphatic heterocycles. The van der Waals surface area contributed by atoms with Crippen molar-refractivity contribution < 1.29 is 14.3 Å². The van der Waals surface area contributed by atoms with Gasteiger partial charge < -0.3 is 13.9 Å². The highest BCUT2D eigenvalue weighted by molar-refractivity contribution is 6.33. The minimum atomic E-state index is -0.522. The first-order valence-electron chi connectivity index (χ1n) is 8.65. The Morgan fingerprint density at radius 3 is 2.75 bits per heavy atom. The van der Waals surface area contributed by atoms with E-state index in [1.807, 2.05) is 59.1 Å². The number of halogens is 1. The van der Waals surface area contributed by atoms with Crippen molar-refractivity contribution in [1.82, 2.24) is 9.38 Å². The van der Waals surface area contributed by atoms with E-state index < -0.39 is 6.09 Å². The second-order valence-corrected chi connectivity index (χ2v) is 6.66. The summed E-state index contributed by atoms with van der Waals surface area (Å²) < 4.78 is 12.1. The topological polar surface area (TPSA) is 64.9 Å². The van der Waals surface area contributed by atoms with Crippen LogP contribution in [0.1, 0.15) is 5.69 Å². The summed E-state index contributed by atoms with van der Waals surface area (Å²) in [5.74, 6) is 0. The van der Waals surface area contributed by atoms with Crippen LogP contribution in [0, 0.1) is 0 Å². The Labute approximate surface area is 166 Å². The summed E-state index contributed by atoms with van der Waals surface area (Å²) in [6, 6.07) is 15.2. The van der Waals surface area contributed by atoms with E-state index in [9.17, 15) is 4.79 Å². The number of methoxy groups -OCH3 is 2. The van der Waals surface area contributed by atoms with Crippen molar-refractivity contribution in [3.8, 4) is 11.3 Å². The van der Waals surface area contributed by atoms with Crippen molar-refractivity contribution in [3.05, 3.63) is 65.4 Å². The number of hydrogen-bond acceptors (Lipinski definition) is 4. The smallest absolute Gasteiger partial charge is 0.411 e. The first kappa shape index (κ1) is 18.3. The van der Waals surface area contributed by atoms with E-state index in [1.54, 1.807) is 7.11 Å². The van der Waals surface area contributed by atoms with Crippen LogP contribution in [-0.2, 0) is 16.1 Å². The summed E-state index contributed by atoms with van der Waals surface area (Å²) in [5, 5.41) is 5.22. The number of aromatic nitrogens is 2. The molecule has 0 spiro atoms. The molecule has 0 bridgehead atoms. The SMILES string of the molecule is COCc1c(-c2ccccc2Cl)nc2c3cc(NC(=O)OC)ccc3ccn12. The quantitative estimate of drug-likeness (QED) is 0.520. The fourth-order valence-electron chi connectivity index (χ4n) is 3.26. The normalized spacial score (nSPS) is 11.1. The molecule has 0 atom stereocenters. The predicted octanol–water partition coefficient (Wildman–Crippen LogP) is 5.13. The molecule has 0 unspecified atom stereocenters. The van der Waals surface area contributed by atoms with Gasteiger partial charge in [-0.1, -0.05) is 35.9 Å². The third kappa shape index (κ3) is 3.17. The molecule has 4 aromatic rings. The van der Waals surface area contributed by atoms with Gasteiger partial charge in [0.15, 0.2) is 0 Å². The van der Waals surface area contributed by atoms with Crippen LogP contribution >= 0.6 is 11.6 Å². The number of rotatable bonds is 4. The lowest BCUT2D eigenvalue weighted by molar-refractivity contribution is 0.181. The molecule has 2 aromatic carbocycles. The van der Waals surface area contributed by atoms with E-state index >= 15 is 0 Å². The lowest BCUT2D eigenvalue weighted by atomic mass is 10.1. The molecule has 6 nitrogen and oxygen atoms in total. The first-order valence-corrected chi connectivity index (χ1v) is 9.02. The first-order chi connectivity index (χ1) is 13.6. The van der Waals surface area contributed by atoms with Gasteiger partial charge in [-0.25, -0.2) is 9.78 Å². The minimum Gasteiger partial charge on any atom is -0.453 e. The van der Waals surface area contributed by atoms with Crippen LogP contribution < -0.4 is 5.32 Å². The molecule has 7 heteroatoms. The molecule has 0 aliphatic carbocycles. The van der Waals surface area contributed by atoms with Crippen LogP contribution in [0.3, 0.4) is 0 Å². The summed E-state index contributed by atoms with van der Waals surface area (Å²) >= 11 is 6.42. The maximum atomic E-state index is 11.6. The highest BCUT2D eigenvalue weighted by Crippen LogP contribution is 2.33. The molecule has 0 radical (unpaired) electrons. The standard InChI is InChI=1S/C21H18ClN3O3/c1-27-12-18-19(15-5-3-4-6-17(15)22)24-20-16-11-14(23-21(26)28-2)8-7-13(16)9-10-25(18)20/h3-11H,12H2,1-2H3,(H,23,26). The van der Waals surface area contributed by atoms with Gasteiger partial charge in [-0.15, -0.1) is 0 Å². The monoisotopic (exact) mass is 395 g/mol. The Morgan fingerprint density at radius 1 is 1.18 bits per heavy atom. The molecule has 4 rings (SSSR count). The summed E-state index contributed by atoms with van der Waals surface area (Å²) in [6.07, 6.45) is 1.44. The fourth-order valence-corrected chi connectivity index (χ4v) is 3.48. The van der Waals surface area contributed by atoms with Gasteiger partial charge in [0.05, 0.1) is 30.1 Å². The maximum absolute atomic E-state index is 11.6. The van der Waals surface area contributed by atoms with E-state index in [-0.39, 0.29) is 0 Å². The zero-order valence-corrected chi connectivity index (χ0v) is 16.2. The molecule has 2 heterocycles.